The van der Waals surface area contributed by atoms with Gasteiger partial charge in [-0.25, -0.2) is 9.97 Å². The van der Waals surface area contributed by atoms with E-state index in [1.807, 2.05) is 19.2 Å². The third kappa shape index (κ3) is 2.58. The summed E-state index contributed by atoms with van der Waals surface area (Å²) in [5, 5.41) is 3.46. The van der Waals surface area contributed by atoms with Crippen LogP contribution in [0.3, 0.4) is 0 Å². The predicted octanol–water partition coefficient (Wildman–Crippen LogP) is 1.94. The van der Waals surface area contributed by atoms with Crippen molar-refractivity contribution in [1.29, 1.82) is 0 Å². The van der Waals surface area contributed by atoms with Crippen molar-refractivity contribution >= 4 is 5.82 Å². The number of aryl methyl sites for hydroxylation is 1. The molecular weight excluding hydrogens is 236 g/mol. The van der Waals surface area contributed by atoms with Crippen LogP contribution >= 0.6 is 0 Å². The van der Waals surface area contributed by atoms with Crippen LogP contribution in [0.5, 0.6) is 0 Å². The molecule has 1 aliphatic rings. The Kier molecular flexibility index (Phi) is 3.42. The number of rotatable bonds is 2. The lowest BCUT2D eigenvalue weighted by atomic mass is 10.0. The summed E-state index contributed by atoms with van der Waals surface area (Å²) in [5.74, 6) is 1.84. The molecule has 4 nitrogen and oxygen atoms in total. The second-order valence-corrected chi connectivity index (χ2v) is 4.79. The van der Waals surface area contributed by atoms with Crippen molar-refractivity contribution in [1.82, 2.24) is 15.3 Å². The largest absolute Gasteiger partial charge is 0.347 e. The molecule has 2 heterocycles. The maximum Gasteiger partial charge on any atom is 0.132 e. The molecule has 1 saturated heterocycles. The highest BCUT2D eigenvalue weighted by molar-refractivity contribution is 5.43. The van der Waals surface area contributed by atoms with Crippen LogP contribution in [-0.2, 0) is 0 Å². The van der Waals surface area contributed by atoms with Crippen molar-refractivity contribution in [2.75, 3.05) is 24.5 Å². The molecule has 3 rings (SSSR count). The van der Waals surface area contributed by atoms with Gasteiger partial charge in [-0.05, 0) is 18.6 Å². The number of nitrogens with zero attached hydrogens (tertiary/aromatic N) is 3. The second-order valence-electron chi connectivity index (χ2n) is 4.79. The number of anilines is 1. The first kappa shape index (κ1) is 12.1. The summed E-state index contributed by atoms with van der Waals surface area (Å²) in [6, 6.07) is 12.9. The zero-order valence-corrected chi connectivity index (χ0v) is 11.1. The number of piperazine rings is 1. The minimum atomic E-state index is 0.337. The van der Waals surface area contributed by atoms with E-state index in [2.05, 4.69) is 50.5 Å². The predicted molar refractivity (Wildman–Crippen MR) is 76.2 cm³/mol. The van der Waals surface area contributed by atoms with E-state index in [0.29, 0.717) is 6.04 Å². The molecule has 0 amide bonds. The van der Waals surface area contributed by atoms with Crippen LogP contribution in [0.2, 0.25) is 0 Å². The standard InChI is InChI=1S/C15H18N4/c1-12-17-8-7-15(18-12)19-10-9-16-11-14(19)13-5-3-2-4-6-13/h2-8,14,16H,9-11H2,1H3/t14-/m0/s1. The fraction of sp³-hybridized carbons (Fsp3) is 0.333. The lowest BCUT2D eigenvalue weighted by Crippen LogP contribution is -2.46. The van der Waals surface area contributed by atoms with E-state index in [-0.39, 0.29) is 0 Å². The van der Waals surface area contributed by atoms with Crippen molar-refractivity contribution in [2.24, 2.45) is 0 Å². The molecule has 0 saturated carbocycles. The highest BCUT2D eigenvalue weighted by Crippen LogP contribution is 2.26. The Balaban J connectivity index is 1.93. The normalized spacial score (nSPS) is 19.4. The minimum Gasteiger partial charge on any atom is -0.347 e. The van der Waals surface area contributed by atoms with Crippen LogP contribution < -0.4 is 10.2 Å². The van der Waals surface area contributed by atoms with Crippen LogP contribution in [0.25, 0.3) is 0 Å². The van der Waals surface area contributed by atoms with E-state index in [4.69, 9.17) is 0 Å². The Hall–Kier alpha value is -1.94. The molecule has 4 heteroatoms. The van der Waals surface area contributed by atoms with E-state index in [0.717, 1.165) is 31.3 Å². The fourth-order valence-corrected chi connectivity index (χ4v) is 2.56. The van der Waals surface area contributed by atoms with E-state index < -0.39 is 0 Å². The lowest BCUT2D eigenvalue weighted by Gasteiger charge is -2.37. The van der Waals surface area contributed by atoms with Gasteiger partial charge in [0.05, 0.1) is 6.04 Å². The summed E-state index contributed by atoms with van der Waals surface area (Å²) in [5.41, 5.74) is 1.32. The number of aromatic nitrogens is 2. The smallest absolute Gasteiger partial charge is 0.132 e. The fourth-order valence-electron chi connectivity index (χ4n) is 2.56. The molecular formula is C15H18N4. The SMILES string of the molecule is Cc1nccc(N2CCNC[C@H]2c2ccccc2)n1. The van der Waals surface area contributed by atoms with Gasteiger partial charge >= 0.3 is 0 Å². The van der Waals surface area contributed by atoms with Gasteiger partial charge in [0.25, 0.3) is 0 Å². The van der Waals surface area contributed by atoms with Crippen LogP contribution in [0.1, 0.15) is 17.4 Å². The minimum absolute atomic E-state index is 0.337. The first-order valence-electron chi connectivity index (χ1n) is 6.66. The van der Waals surface area contributed by atoms with Crippen LogP contribution in [0, 0.1) is 6.92 Å². The van der Waals surface area contributed by atoms with Crippen molar-refractivity contribution in [3.8, 4) is 0 Å². The van der Waals surface area contributed by atoms with Crippen molar-refractivity contribution in [3.63, 3.8) is 0 Å². The zero-order valence-electron chi connectivity index (χ0n) is 11.1. The number of hydrogen-bond donors (Lipinski definition) is 1. The topological polar surface area (TPSA) is 41.1 Å². The van der Waals surface area contributed by atoms with Gasteiger partial charge < -0.3 is 10.2 Å². The third-order valence-corrected chi connectivity index (χ3v) is 3.48. The molecule has 19 heavy (non-hydrogen) atoms. The lowest BCUT2D eigenvalue weighted by molar-refractivity contribution is 0.485. The van der Waals surface area contributed by atoms with Crippen molar-refractivity contribution < 1.29 is 0 Å². The van der Waals surface area contributed by atoms with Gasteiger partial charge in [-0.1, -0.05) is 30.3 Å². The summed E-state index contributed by atoms with van der Waals surface area (Å²) >= 11 is 0. The summed E-state index contributed by atoms with van der Waals surface area (Å²) in [6.45, 7) is 4.85. The van der Waals surface area contributed by atoms with E-state index >= 15 is 0 Å². The number of benzene rings is 1. The molecule has 1 N–H and O–H groups in total. The Morgan fingerprint density at radius 1 is 1.21 bits per heavy atom. The molecule has 0 spiro atoms. The summed E-state index contributed by atoms with van der Waals surface area (Å²) in [6.07, 6.45) is 1.84. The third-order valence-electron chi connectivity index (χ3n) is 3.48. The highest BCUT2D eigenvalue weighted by Gasteiger charge is 2.24. The molecule has 2 aromatic rings. The van der Waals surface area contributed by atoms with E-state index in [1.54, 1.807) is 0 Å². The maximum atomic E-state index is 4.56. The average molecular weight is 254 g/mol. The Bertz CT molecular complexity index is 541. The van der Waals surface area contributed by atoms with Crippen LogP contribution in [0.4, 0.5) is 5.82 Å². The van der Waals surface area contributed by atoms with E-state index in [9.17, 15) is 0 Å². The molecule has 0 aliphatic carbocycles. The molecule has 98 valence electrons. The molecule has 1 aliphatic heterocycles. The highest BCUT2D eigenvalue weighted by atomic mass is 15.3. The molecule has 0 unspecified atom stereocenters. The van der Waals surface area contributed by atoms with E-state index in [1.165, 1.54) is 5.56 Å². The summed E-state index contributed by atoms with van der Waals surface area (Å²) in [4.78, 5) is 11.1. The summed E-state index contributed by atoms with van der Waals surface area (Å²) in [7, 11) is 0. The zero-order chi connectivity index (χ0) is 13.1. The number of nitrogens with one attached hydrogen (secondary N) is 1. The Labute approximate surface area is 113 Å². The van der Waals surface area contributed by atoms with Crippen molar-refractivity contribution in [3.05, 3.63) is 54.0 Å². The second kappa shape index (κ2) is 5.36. The van der Waals surface area contributed by atoms with Gasteiger partial charge in [0.15, 0.2) is 0 Å². The van der Waals surface area contributed by atoms with Crippen molar-refractivity contribution in [2.45, 2.75) is 13.0 Å². The van der Waals surface area contributed by atoms with Gasteiger partial charge in [-0.15, -0.1) is 0 Å². The first-order chi connectivity index (χ1) is 9.34. The Morgan fingerprint density at radius 3 is 2.84 bits per heavy atom. The monoisotopic (exact) mass is 254 g/mol. The molecule has 0 radical (unpaired) electrons. The van der Waals surface area contributed by atoms with Gasteiger partial charge in [0.1, 0.15) is 11.6 Å². The van der Waals surface area contributed by atoms with Crippen LogP contribution in [-0.4, -0.2) is 29.6 Å². The summed E-state index contributed by atoms with van der Waals surface area (Å²) < 4.78 is 0. The van der Waals surface area contributed by atoms with Gasteiger partial charge in [0, 0.05) is 25.8 Å². The molecule has 1 fully saturated rings. The van der Waals surface area contributed by atoms with Gasteiger partial charge in [-0.3, -0.25) is 0 Å². The number of hydrogen-bond acceptors (Lipinski definition) is 4. The quantitative estimate of drug-likeness (QED) is 0.889. The average Bonchev–Trinajstić information content (AvgIpc) is 2.48. The Morgan fingerprint density at radius 2 is 2.05 bits per heavy atom. The van der Waals surface area contributed by atoms with Crippen LogP contribution in [0.15, 0.2) is 42.6 Å². The molecule has 0 bridgehead atoms. The molecule has 1 aromatic heterocycles. The maximum absolute atomic E-state index is 4.56. The molecule has 1 atom stereocenters. The molecule has 1 aromatic carbocycles. The van der Waals surface area contributed by atoms with Gasteiger partial charge in [-0.2, -0.15) is 0 Å². The van der Waals surface area contributed by atoms with Gasteiger partial charge in [0.2, 0.25) is 0 Å². The first-order valence-corrected chi connectivity index (χ1v) is 6.66.